The van der Waals surface area contributed by atoms with Crippen molar-refractivity contribution in [3.8, 4) is 17.2 Å². The van der Waals surface area contributed by atoms with Crippen LogP contribution in [0.4, 0.5) is 0 Å². The Hall–Kier alpha value is -3.98. The van der Waals surface area contributed by atoms with E-state index in [1.165, 1.54) is 6.26 Å². The standard InChI is InChI=1S/C26H22N4O4S/c1-29-23-16-28-22-8-7-20(34-19-9-13-27-14-10-19)15-21(22)24(23)30(25(29)31)18-5-3-17(4-6-18)26(11-12-26)35(2,32)33/h3-10,13-16H,11-12H2,1-2H3. The lowest BCUT2D eigenvalue weighted by atomic mass is 10.1. The molecule has 2 aromatic carbocycles. The van der Waals surface area contributed by atoms with Crippen LogP contribution in [-0.2, 0) is 21.6 Å². The van der Waals surface area contributed by atoms with Gasteiger partial charge >= 0.3 is 5.69 Å². The van der Waals surface area contributed by atoms with Gasteiger partial charge in [0.05, 0.1) is 33.2 Å². The Morgan fingerprint density at radius 3 is 2.34 bits per heavy atom. The molecule has 1 saturated carbocycles. The molecule has 1 aliphatic carbocycles. The van der Waals surface area contributed by atoms with Gasteiger partial charge in [-0.05, 0) is 60.9 Å². The molecule has 9 heteroatoms. The van der Waals surface area contributed by atoms with E-state index in [-0.39, 0.29) is 5.69 Å². The molecule has 0 atom stereocenters. The maximum Gasteiger partial charge on any atom is 0.333 e. The number of sulfone groups is 1. The second kappa shape index (κ2) is 7.51. The molecule has 6 rings (SSSR count). The van der Waals surface area contributed by atoms with Crippen LogP contribution in [0.2, 0.25) is 0 Å². The lowest BCUT2D eigenvalue weighted by Crippen LogP contribution is -2.21. The molecule has 1 aliphatic rings. The Bertz CT molecular complexity index is 1770. The van der Waals surface area contributed by atoms with Crippen molar-refractivity contribution >= 4 is 31.8 Å². The summed E-state index contributed by atoms with van der Waals surface area (Å²) in [6.07, 6.45) is 7.53. The van der Waals surface area contributed by atoms with Crippen LogP contribution >= 0.6 is 0 Å². The second-order valence-electron chi connectivity index (χ2n) is 8.95. The van der Waals surface area contributed by atoms with E-state index in [1.807, 2.05) is 42.5 Å². The van der Waals surface area contributed by atoms with E-state index in [1.54, 1.807) is 46.9 Å². The summed E-state index contributed by atoms with van der Waals surface area (Å²) < 4.78 is 33.1. The number of imidazole rings is 1. The monoisotopic (exact) mass is 486 g/mol. The zero-order valence-corrected chi connectivity index (χ0v) is 20.0. The Labute approximate surface area is 201 Å². The van der Waals surface area contributed by atoms with Crippen LogP contribution in [-0.4, -0.2) is 33.8 Å². The number of aromatic nitrogens is 4. The molecule has 0 bridgehead atoms. The average Bonchev–Trinajstić information content (AvgIpc) is 3.63. The summed E-state index contributed by atoms with van der Waals surface area (Å²) in [4.78, 5) is 21.9. The molecule has 3 aromatic heterocycles. The van der Waals surface area contributed by atoms with Crippen LogP contribution < -0.4 is 10.4 Å². The molecule has 8 nitrogen and oxygen atoms in total. The van der Waals surface area contributed by atoms with Gasteiger partial charge in [-0.3, -0.25) is 19.1 Å². The van der Waals surface area contributed by atoms with Crippen molar-refractivity contribution in [2.24, 2.45) is 7.05 Å². The SMILES string of the molecule is Cn1c(=O)n(-c2ccc(C3(S(C)(=O)=O)CC3)cc2)c2c3cc(Oc4ccncc4)ccc3ncc21. The number of nitrogens with zero attached hydrogens (tertiary/aromatic N) is 4. The van der Waals surface area contributed by atoms with Gasteiger partial charge in [-0.25, -0.2) is 13.2 Å². The first-order valence-electron chi connectivity index (χ1n) is 11.2. The van der Waals surface area contributed by atoms with Crippen molar-refractivity contribution in [2.75, 3.05) is 6.26 Å². The minimum absolute atomic E-state index is 0.216. The normalized spacial score (nSPS) is 14.9. The van der Waals surface area contributed by atoms with E-state index in [4.69, 9.17) is 4.74 Å². The van der Waals surface area contributed by atoms with Crippen LogP contribution in [0.3, 0.4) is 0 Å². The Morgan fingerprint density at radius 2 is 1.69 bits per heavy atom. The van der Waals surface area contributed by atoms with Gasteiger partial charge < -0.3 is 4.74 Å². The first-order valence-corrected chi connectivity index (χ1v) is 13.1. The van der Waals surface area contributed by atoms with Crippen molar-refractivity contribution in [1.82, 2.24) is 19.1 Å². The van der Waals surface area contributed by atoms with Crippen molar-refractivity contribution in [3.63, 3.8) is 0 Å². The van der Waals surface area contributed by atoms with Crippen molar-refractivity contribution in [1.29, 1.82) is 0 Å². The van der Waals surface area contributed by atoms with E-state index in [9.17, 15) is 13.2 Å². The summed E-state index contributed by atoms with van der Waals surface area (Å²) in [5.41, 5.74) is 3.32. The molecule has 0 amide bonds. The molecule has 0 spiro atoms. The Kier molecular flexibility index (Phi) is 4.62. The lowest BCUT2D eigenvalue weighted by molar-refractivity contribution is 0.482. The third-order valence-electron chi connectivity index (χ3n) is 6.81. The van der Waals surface area contributed by atoms with Gasteiger partial charge in [0.1, 0.15) is 11.5 Å². The van der Waals surface area contributed by atoms with Gasteiger partial charge in [-0.15, -0.1) is 0 Å². The summed E-state index contributed by atoms with van der Waals surface area (Å²) >= 11 is 0. The van der Waals surface area contributed by atoms with Crippen molar-refractivity contribution in [3.05, 3.63) is 89.2 Å². The van der Waals surface area contributed by atoms with E-state index < -0.39 is 14.6 Å². The largest absolute Gasteiger partial charge is 0.457 e. The third kappa shape index (κ3) is 3.34. The molecule has 0 saturated heterocycles. The van der Waals surface area contributed by atoms with Crippen molar-refractivity contribution < 1.29 is 13.2 Å². The number of pyridine rings is 2. The predicted molar refractivity (Wildman–Crippen MR) is 134 cm³/mol. The molecule has 1 fully saturated rings. The van der Waals surface area contributed by atoms with Gasteiger partial charge in [0.2, 0.25) is 0 Å². The lowest BCUT2D eigenvalue weighted by Gasteiger charge is -2.14. The quantitative estimate of drug-likeness (QED) is 0.371. The maximum absolute atomic E-state index is 13.3. The van der Waals surface area contributed by atoms with E-state index >= 15 is 0 Å². The van der Waals surface area contributed by atoms with Gasteiger partial charge in [-0.2, -0.15) is 0 Å². The Balaban J connectivity index is 1.52. The van der Waals surface area contributed by atoms with Crippen molar-refractivity contribution in [2.45, 2.75) is 17.6 Å². The molecule has 0 N–H and O–H groups in total. The zero-order valence-electron chi connectivity index (χ0n) is 19.2. The number of hydrogen-bond acceptors (Lipinski definition) is 6. The highest BCUT2D eigenvalue weighted by molar-refractivity contribution is 7.92. The number of rotatable bonds is 5. The van der Waals surface area contributed by atoms with E-state index in [2.05, 4.69) is 9.97 Å². The molecule has 5 aromatic rings. The second-order valence-corrected chi connectivity index (χ2v) is 11.3. The zero-order chi connectivity index (χ0) is 24.4. The number of benzene rings is 2. The minimum atomic E-state index is -3.22. The van der Waals surface area contributed by atoms with Crippen LogP contribution in [0.1, 0.15) is 18.4 Å². The fourth-order valence-electron chi connectivity index (χ4n) is 4.72. The van der Waals surface area contributed by atoms with E-state index in [0.29, 0.717) is 41.1 Å². The molecule has 35 heavy (non-hydrogen) atoms. The first-order chi connectivity index (χ1) is 16.8. The molecular weight excluding hydrogens is 464 g/mol. The highest BCUT2D eigenvalue weighted by Gasteiger charge is 2.53. The van der Waals surface area contributed by atoms with Crippen LogP contribution in [0.5, 0.6) is 11.5 Å². The number of fused-ring (bicyclic) bond motifs is 3. The molecule has 3 heterocycles. The number of aryl methyl sites for hydroxylation is 1. The van der Waals surface area contributed by atoms with Crippen LogP contribution in [0.15, 0.2) is 78.0 Å². The molecule has 0 radical (unpaired) electrons. The number of hydrogen-bond donors (Lipinski definition) is 0. The van der Waals surface area contributed by atoms with Gasteiger partial charge in [0.15, 0.2) is 9.84 Å². The third-order valence-corrected chi connectivity index (χ3v) is 8.87. The fraction of sp³-hybridized carbons (Fsp3) is 0.192. The molecule has 0 unspecified atom stereocenters. The summed E-state index contributed by atoms with van der Waals surface area (Å²) in [6, 6.07) is 16.4. The highest BCUT2D eigenvalue weighted by Crippen LogP contribution is 2.52. The highest BCUT2D eigenvalue weighted by atomic mass is 32.2. The smallest absolute Gasteiger partial charge is 0.333 e. The summed E-state index contributed by atoms with van der Waals surface area (Å²) in [7, 11) is -1.51. The van der Waals surface area contributed by atoms with Gasteiger partial charge in [0, 0.05) is 31.1 Å². The average molecular weight is 487 g/mol. The Morgan fingerprint density at radius 1 is 0.971 bits per heavy atom. The topological polar surface area (TPSA) is 96.1 Å². The van der Waals surface area contributed by atoms with Crippen LogP contribution in [0.25, 0.3) is 27.6 Å². The molecule has 176 valence electrons. The summed E-state index contributed by atoms with van der Waals surface area (Å²) in [6.45, 7) is 0. The van der Waals surface area contributed by atoms with E-state index in [0.717, 1.165) is 16.5 Å². The summed E-state index contributed by atoms with van der Waals surface area (Å²) in [5, 5.41) is 0.769. The molecule has 0 aliphatic heterocycles. The van der Waals surface area contributed by atoms with Gasteiger partial charge in [-0.1, -0.05) is 12.1 Å². The fourth-order valence-corrected chi connectivity index (χ4v) is 6.13. The first kappa shape index (κ1) is 21.5. The maximum atomic E-state index is 13.3. The van der Waals surface area contributed by atoms with Gasteiger partial charge in [0.25, 0.3) is 0 Å². The molecular formula is C26H22N4O4S. The minimum Gasteiger partial charge on any atom is -0.457 e. The predicted octanol–water partition coefficient (Wildman–Crippen LogP) is 4.10. The van der Waals surface area contributed by atoms with Crippen LogP contribution in [0, 0.1) is 0 Å². The summed E-state index contributed by atoms with van der Waals surface area (Å²) in [5.74, 6) is 1.26. The number of ether oxygens (including phenoxy) is 1.